The minimum Gasteiger partial charge on any atom is -0.317 e. The van der Waals surface area contributed by atoms with E-state index in [1.54, 1.807) is 0 Å². The Hall–Kier alpha value is -0.0800. The lowest BCUT2D eigenvalue weighted by molar-refractivity contribution is 0.0726. The minimum absolute atomic E-state index is 0.985. The van der Waals surface area contributed by atoms with Crippen LogP contribution in [0.15, 0.2) is 0 Å². The van der Waals surface area contributed by atoms with Gasteiger partial charge >= 0.3 is 0 Å². The van der Waals surface area contributed by atoms with Crippen molar-refractivity contribution in [2.24, 2.45) is 11.8 Å². The van der Waals surface area contributed by atoms with Crippen molar-refractivity contribution in [2.45, 2.75) is 40.0 Å². The highest BCUT2D eigenvalue weighted by atomic mass is 15.2. The van der Waals surface area contributed by atoms with Gasteiger partial charge in [-0.2, -0.15) is 0 Å². The third-order valence-corrected chi connectivity index (χ3v) is 3.59. The van der Waals surface area contributed by atoms with E-state index < -0.39 is 0 Å². The first kappa shape index (κ1) is 13.0. The Morgan fingerprint density at radius 3 is 2.20 bits per heavy atom. The van der Waals surface area contributed by atoms with Gasteiger partial charge < -0.3 is 10.2 Å². The molecule has 0 amide bonds. The quantitative estimate of drug-likeness (QED) is 0.772. The number of piperidine rings is 1. The van der Waals surface area contributed by atoms with Crippen LogP contribution in [0.25, 0.3) is 0 Å². The van der Waals surface area contributed by atoms with E-state index in [0.717, 1.165) is 11.8 Å². The summed E-state index contributed by atoms with van der Waals surface area (Å²) in [6.07, 6.45) is 4.17. The van der Waals surface area contributed by atoms with Gasteiger partial charge in [-0.1, -0.05) is 27.2 Å². The summed E-state index contributed by atoms with van der Waals surface area (Å²) in [5.74, 6) is 2.00. The maximum absolute atomic E-state index is 3.43. The second-order valence-corrected chi connectivity index (χ2v) is 4.69. The van der Waals surface area contributed by atoms with Crippen LogP contribution in [0, 0.1) is 11.8 Å². The Bertz CT molecular complexity index is 147. The van der Waals surface area contributed by atoms with E-state index >= 15 is 0 Å². The summed E-state index contributed by atoms with van der Waals surface area (Å²) in [7, 11) is 0. The maximum Gasteiger partial charge on any atom is 0.00220 e. The summed E-state index contributed by atoms with van der Waals surface area (Å²) in [6.45, 7) is 12.9. The molecule has 1 N–H and O–H groups in total. The van der Waals surface area contributed by atoms with E-state index in [1.807, 2.05) is 13.8 Å². The van der Waals surface area contributed by atoms with Crippen molar-refractivity contribution >= 4 is 0 Å². The Morgan fingerprint density at radius 1 is 1.07 bits per heavy atom. The highest BCUT2D eigenvalue weighted by Crippen LogP contribution is 2.22. The van der Waals surface area contributed by atoms with Crippen LogP contribution >= 0.6 is 0 Å². The van der Waals surface area contributed by atoms with Gasteiger partial charge in [0.05, 0.1) is 0 Å². The second-order valence-electron chi connectivity index (χ2n) is 4.69. The predicted octanol–water partition coefficient (Wildman–Crippen LogP) is 2.35. The molecule has 2 heteroatoms. The Balaban J connectivity index is 0.000000531. The monoisotopic (exact) mass is 212 g/mol. The van der Waals surface area contributed by atoms with E-state index in [2.05, 4.69) is 17.1 Å². The molecular formula is C13H28N2. The van der Waals surface area contributed by atoms with Crippen LogP contribution < -0.4 is 5.32 Å². The largest absolute Gasteiger partial charge is 0.317 e. The third-order valence-electron chi connectivity index (χ3n) is 3.59. The highest BCUT2D eigenvalue weighted by molar-refractivity contribution is 4.81. The summed E-state index contributed by atoms with van der Waals surface area (Å²) in [5, 5.41) is 3.43. The molecule has 0 aromatic heterocycles. The van der Waals surface area contributed by atoms with E-state index in [1.165, 1.54) is 52.0 Å². The zero-order valence-corrected chi connectivity index (χ0v) is 10.8. The van der Waals surface area contributed by atoms with Crippen LogP contribution in [-0.4, -0.2) is 37.6 Å². The Morgan fingerprint density at radius 2 is 1.67 bits per heavy atom. The lowest BCUT2D eigenvalue weighted by Crippen LogP contribution is -2.49. The average molecular weight is 212 g/mol. The number of hydrogen-bond acceptors (Lipinski definition) is 2. The molecule has 0 atom stereocenters. The number of nitrogens with one attached hydrogen (secondary N) is 1. The fourth-order valence-corrected chi connectivity index (χ4v) is 2.51. The highest BCUT2D eigenvalue weighted by Gasteiger charge is 2.27. The summed E-state index contributed by atoms with van der Waals surface area (Å²) >= 11 is 0. The molecule has 0 aromatic rings. The van der Waals surface area contributed by atoms with Crippen molar-refractivity contribution in [3.05, 3.63) is 0 Å². The minimum atomic E-state index is 0.985. The van der Waals surface area contributed by atoms with E-state index in [4.69, 9.17) is 0 Å². The molecule has 2 nitrogen and oxygen atoms in total. The zero-order chi connectivity index (χ0) is 11.1. The van der Waals surface area contributed by atoms with Crippen LogP contribution in [0.5, 0.6) is 0 Å². The van der Waals surface area contributed by atoms with Gasteiger partial charge in [-0.05, 0) is 37.8 Å². The number of nitrogens with zero attached hydrogens (tertiary/aromatic N) is 1. The summed E-state index contributed by atoms with van der Waals surface area (Å²) in [5.41, 5.74) is 0. The van der Waals surface area contributed by atoms with Crippen molar-refractivity contribution in [2.75, 3.05) is 32.7 Å². The lowest BCUT2D eigenvalue weighted by Gasteiger charge is -2.41. The van der Waals surface area contributed by atoms with Gasteiger partial charge in [0.15, 0.2) is 0 Å². The second kappa shape index (κ2) is 7.24. The number of hydrogen-bond donors (Lipinski definition) is 1. The van der Waals surface area contributed by atoms with E-state index in [-0.39, 0.29) is 0 Å². The summed E-state index contributed by atoms with van der Waals surface area (Å²) < 4.78 is 0. The van der Waals surface area contributed by atoms with Crippen molar-refractivity contribution in [1.82, 2.24) is 10.2 Å². The summed E-state index contributed by atoms with van der Waals surface area (Å²) in [4.78, 5) is 2.64. The van der Waals surface area contributed by atoms with Gasteiger partial charge in [-0.3, -0.25) is 0 Å². The molecule has 0 aliphatic carbocycles. The zero-order valence-electron chi connectivity index (χ0n) is 10.8. The molecule has 0 spiro atoms. The summed E-state index contributed by atoms with van der Waals surface area (Å²) in [6, 6.07) is 0. The SMILES string of the molecule is CC.CCC1CN(CC2CCNCC2)C1. The van der Waals surface area contributed by atoms with Crippen molar-refractivity contribution in [3.63, 3.8) is 0 Å². The van der Waals surface area contributed by atoms with Gasteiger partial charge in [0.2, 0.25) is 0 Å². The van der Waals surface area contributed by atoms with Crippen LogP contribution in [0.4, 0.5) is 0 Å². The van der Waals surface area contributed by atoms with Crippen LogP contribution in [-0.2, 0) is 0 Å². The Kier molecular flexibility index (Phi) is 6.26. The van der Waals surface area contributed by atoms with Crippen LogP contribution in [0.1, 0.15) is 40.0 Å². The molecule has 2 saturated heterocycles. The first-order chi connectivity index (χ1) is 7.38. The van der Waals surface area contributed by atoms with E-state index in [9.17, 15) is 0 Å². The average Bonchev–Trinajstić information content (AvgIpc) is 2.27. The molecule has 2 aliphatic rings. The molecule has 0 unspecified atom stereocenters. The van der Waals surface area contributed by atoms with Crippen molar-refractivity contribution in [3.8, 4) is 0 Å². The molecule has 0 aromatic carbocycles. The third kappa shape index (κ3) is 4.12. The molecule has 2 rings (SSSR count). The normalized spacial score (nSPS) is 24.2. The number of likely N-dealkylation sites (tertiary alicyclic amines) is 1. The van der Waals surface area contributed by atoms with Crippen molar-refractivity contribution in [1.29, 1.82) is 0 Å². The molecule has 2 aliphatic heterocycles. The molecule has 0 bridgehead atoms. The van der Waals surface area contributed by atoms with Gasteiger partial charge in [-0.15, -0.1) is 0 Å². The lowest BCUT2D eigenvalue weighted by atomic mass is 9.92. The topological polar surface area (TPSA) is 15.3 Å². The predicted molar refractivity (Wildman–Crippen MR) is 67.2 cm³/mol. The molecule has 0 saturated carbocycles. The van der Waals surface area contributed by atoms with Crippen LogP contribution in [0.2, 0.25) is 0 Å². The molecule has 2 fully saturated rings. The van der Waals surface area contributed by atoms with Crippen molar-refractivity contribution < 1.29 is 0 Å². The first-order valence-corrected chi connectivity index (χ1v) is 6.81. The van der Waals surface area contributed by atoms with Gasteiger partial charge in [0.25, 0.3) is 0 Å². The van der Waals surface area contributed by atoms with Gasteiger partial charge in [0, 0.05) is 19.6 Å². The maximum atomic E-state index is 3.43. The molecular weight excluding hydrogens is 184 g/mol. The molecule has 90 valence electrons. The molecule has 15 heavy (non-hydrogen) atoms. The first-order valence-electron chi connectivity index (χ1n) is 6.81. The smallest absolute Gasteiger partial charge is 0.00220 e. The van der Waals surface area contributed by atoms with Gasteiger partial charge in [0.1, 0.15) is 0 Å². The number of rotatable bonds is 3. The molecule has 0 radical (unpaired) electrons. The van der Waals surface area contributed by atoms with E-state index in [0.29, 0.717) is 0 Å². The fourth-order valence-electron chi connectivity index (χ4n) is 2.51. The molecule has 2 heterocycles. The Labute approximate surface area is 95.4 Å². The van der Waals surface area contributed by atoms with Crippen LogP contribution in [0.3, 0.4) is 0 Å². The van der Waals surface area contributed by atoms with Gasteiger partial charge in [-0.25, -0.2) is 0 Å². The standard InChI is InChI=1S/C11H22N2.C2H6/c1-2-10-7-13(8-10)9-11-3-5-12-6-4-11;1-2/h10-12H,2-9H2,1H3;1-2H3. The fraction of sp³-hybridized carbons (Fsp3) is 1.00.